The first-order chi connectivity index (χ1) is 64.0. The van der Waals surface area contributed by atoms with Crippen LogP contribution < -0.4 is 16.0 Å². The quantitative estimate of drug-likeness (QED) is 0.0896. The van der Waals surface area contributed by atoms with Crippen molar-refractivity contribution in [3.63, 3.8) is 0 Å². The van der Waals surface area contributed by atoms with Crippen LogP contribution in [-0.2, 0) is 0 Å². The summed E-state index contributed by atoms with van der Waals surface area (Å²) in [6.07, 6.45) is 0. The summed E-state index contributed by atoms with van der Waals surface area (Å²) in [6.45, 7) is 0. The van der Waals surface area contributed by atoms with Crippen LogP contribution in [0.2, 0.25) is 0 Å². The van der Waals surface area contributed by atoms with Gasteiger partial charge in [-0.25, -0.2) is 0 Å². The van der Waals surface area contributed by atoms with E-state index in [0.29, 0.717) is 0 Å². The third-order valence-electron chi connectivity index (χ3n) is 25.3. The smallest absolute Gasteiger partial charge is 0.0470 e. The highest BCUT2D eigenvalue weighted by molar-refractivity contribution is 6.28. The van der Waals surface area contributed by atoms with Crippen LogP contribution in [0, 0.1) is 0 Å². The predicted molar refractivity (Wildman–Crippen MR) is 555 cm³/mol. The molecule has 0 aliphatic carbocycles. The number of anilines is 6. The molecule has 0 heterocycles. The van der Waals surface area contributed by atoms with Crippen LogP contribution in [-0.4, -0.2) is 0 Å². The Morgan fingerprint density at radius 1 is 0.101 bits per heavy atom. The van der Waals surface area contributed by atoms with Gasteiger partial charge < -0.3 is 16.0 Å². The average molecular weight is 1640 g/mol. The normalized spacial score (nSPS) is 11.3. The van der Waals surface area contributed by atoms with Crippen molar-refractivity contribution in [1.29, 1.82) is 0 Å². The van der Waals surface area contributed by atoms with Gasteiger partial charge in [-0.1, -0.05) is 431 Å². The van der Waals surface area contributed by atoms with Crippen LogP contribution in [0.4, 0.5) is 34.1 Å². The Kier molecular flexibility index (Phi) is 21.2. The second kappa shape index (κ2) is 35.0. The Bertz CT molecular complexity index is 8110. The van der Waals surface area contributed by atoms with E-state index < -0.39 is 0 Å². The molecule has 0 radical (unpaired) electrons. The van der Waals surface area contributed by atoms with Gasteiger partial charge in [0, 0.05) is 50.8 Å². The summed E-state index contributed by atoms with van der Waals surface area (Å²) in [5.74, 6) is 0. The number of benzene rings is 24. The minimum Gasteiger partial charge on any atom is -0.355 e. The number of hydrogen-bond donors (Lipinski definition) is 3. The molecule has 24 aromatic carbocycles. The molecule has 0 saturated carbocycles. The van der Waals surface area contributed by atoms with Crippen LogP contribution >= 0.6 is 0 Å². The highest BCUT2D eigenvalue weighted by atomic mass is 14.9. The van der Waals surface area contributed by atoms with Gasteiger partial charge in [-0.3, -0.25) is 0 Å². The molecule has 3 N–H and O–H groups in total. The predicted octanol–water partition coefficient (Wildman–Crippen LogP) is 35.7. The summed E-state index contributed by atoms with van der Waals surface area (Å²) in [6, 6.07) is 183. The minimum atomic E-state index is 1.06. The lowest BCUT2D eigenvalue weighted by Crippen LogP contribution is -1.96. The van der Waals surface area contributed by atoms with E-state index >= 15 is 0 Å². The Morgan fingerprint density at radius 2 is 0.349 bits per heavy atom. The van der Waals surface area contributed by atoms with Crippen molar-refractivity contribution in [1.82, 2.24) is 0 Å². The molecule has 129 heavy (non-hydrogen) atoms. The average Bonchev–Trinajstić information content (AvgIpc) is 0.724. The summed E-state index contributed by atoms with van der Waals surface area (Å²) >= 11 is 0. The second-order valence-electron chi connectivity index (χ2n) is 33.1. The van der Waals surface area contributed by atoms with E-state index in [4.69, 9.17) is 0 Å². The monoisotopic (exact) mass is 1640 g/mol. The zero-order valence-electron chi connectivity index (χ0n) is 71.0. The van der Waals surface area contributed by atoms with Gasteiger partial charge in [0.15, 0.2) is 0 Å². The van der Waals surface area contributed by atoms with Gasteiger partial charge in [0.05, 0.1) is 0 Å². The van der Waals surface area contributed by atoms with Gasteiger partial charge in [-0.15, -0.1) is 0 Å². The van der Waals surface area contributed by atoms with Gasteiger partial charge in [0.1, 0.15) is 0 Å². The first-order valence-electron chi connectivity index (χ1n) is 44.3. The molecule has 24 aromatic rings. The van der Waals surface area contributed by atoms with Crippen LogP contribution in [0.1, 0.15) is 0 Å². The number of rotatable bonds is 15. The highest BCUT2D eigenvalue weighted by Gasteiger charge is 2.20. The fourth-order valence-electron chi connectivity index (χ4n) is 19.1. The summed E-state index contributed by atoms with van der Waals surface area (Å²) in [5, 5.41) is 34.5. The summed E-state index contributed by atoms with van der Waals surface area (Å²) in [5.41, 5.74) is 27.9. The molecule has 0 fully saturated rings. The van der Waals surface area contributed by atoms with Crippen LogP contribution in [0.25, 0.3) is 197 Å². The molecule has 24 rings (SSSR count). The lowest BCUT2D eigenvalue weighted by atomic mass is 9.89. The number of nitrogens with one attached hydrogen (secondary N) is 3. The van der Waals surface area contributed by atoms with Gasteiger partial charge in [-0.2, -0.15) is 0 Å². The molecule has 3 nitrogen and oxygen atoms in total. The third kappa shape index (κ3) is 15.7. The van der Waals surface area contributed by atoms with Gasteiger partial charge in [-0.05, 0) is 259 Å². The maximum absolute atomic E-state index is 3.78. The van der Waals surface area contributed by atoms with Gasteiger partial charge >= 0.3 is 0 Å². The number of fused-ring (bicyclic) bond motifs is 18. The molecule has 606 valence electrons. The first kappa shape index (κ1) is 78.0. The molecule has 0 amide bonds. The molecule has 0 aliphatic heterocycles. The van der Waals surface area contributed by atoms with Gasteiger partial charge in [0.25, 0.3) is 0 Å². The van der Waals surface area contributed by atoms with E-state index in [0.717, 1.165) is 34.1 Å². The summed E-state index contributed by atoms with van der Waals surface area (Å²) in [4.78, 5) is 0. The maximum Gasteiger partial charge on any atom is 0.0470 e. The first-order valence-corrected chi connectivity index (χ1v) is 44.3. The Balaban J connectivity index is 0.000000114. The molecule has 0 spiro atoms. The molecule has 0 aromatic heterocycles. The zero-order chi connectivity index (χ0) is 85.8. The molecule has 0 unspecified atom stereocenters. The van der Waals surface area contributed by atoms with Crippen LogP contribution in [0.15, 0.2) is 510 Å². The van der Waals surface area contributed by atoms with Crippen molar-refractivity contribution in [2.75, 3.05) is 16.0 Å². The highest BCUT2D eigenvalue weighted by Crippen LogP contribution is 2.47. The van der Waals surface area contributed by atoms with Crippen molar-refractivity contribution >= 4 is 131 Å². The van der Waals surface area contributed by atoms with Crippen molar-refractivity contribution in [2.24, 2.45) is 0 Å². The fourth-order valence-corrected chi connectivity index (χ4v) is 19.1. The molecule has 0 atom stereocenters. The van der Waals surface area contributed by atoms with Crippen LogP contribution in [0.5, 0.6) is 0 Å². The molecular weight excluding hydrogens is 1560 g/mol. The van der Waals surface area contributed by atoms with Crippen molar-refractivity contribution in [3.05, 3.63) is 510 Å². The summed E-state index contributed by atoms with van der Waals surface area (Å²) < 4.78 is 0. The molecule has 0 aliphatic rings. The molecule has 0 saturated heterocycles. The Hall–Kier alpha value is -17.0. The van der Waals surface area contributed by atoms with E-state index in [2.05, 4.69) is 526 Å². The van der Waals surface area contributed by atoms with E-state index in [-0.39, 0.29) is 0 Å². The maximum atomic E-state index is 3.78. The lowest BCUT2D eigenvalue weighted by molar-refractivity contribution is 1.52. The summed E-state index contributed by atoms with van der Waals surface area (Å²) in [7, 11) is 0. The Morgan fingerprint density at radius 3 is 0.729 bits per heavy atom. The fraction of sp³-hybridized carbons (Fsp3) is 0. The lowest BCUT2D eigenvalue weighted by Gasteiger charge is -2.19. The molecular formula is C126H87N3. The van der Waals surface area contributed by atoms with Crippen molar-refractivity contribution in [3.8, 4) is 100 Å². The molecule has 0 bridgehead atoms. The largest absolute Gasteiger partial charge is 0.355 e. The van der Waals surface area contributed by atoms with E-state index in [1.807, 2.05) is 0 Å². The zero-order valence-corrected chi connectivity index (χ0v) is 71.0. The van der Waals surface area contributed by atoms with Gasteiger partial charge in [0.2, 0.25) is 0 Å². The molecule has 3 heteroatoms. The van der Waals surface area contributed by atoms with E-state index in [9.17, 15) is 0 Å². The Labute approximate surface area is 751 Å². The van der Waals surface area contributed by atoms with Crippen molar-refractivity contribution < 1.29 is 0 Å². The van der Waals surface area contributed by atoms with E-state index in [1.54, 1.807) is 0 Å². The van der Waals surface area contributed by atoms with Crippen molar-refractivity contribution in [2.45, 2.75) is 0 Å². The topological polar surface area (TPSA) is 36.1 Å². The van der Waals surface area contributed by atoms with Crippen LogP contribution in [0.3, 0.4) is 0 Å². The number of hydrogen-bond acceptors (Lipinski definition) is 3. The minimum absolute atomic E-state index is 1.06. The SMILES string of the molecule is c1ccc(-c2cccc(Nc3cc(-c4ccc5c6ccccc6c6ccccc6c5c4)ccc3-c3ccccc3)c2)cc1.c1ccc(-c2cccc(Nc3ccc(-c4ccc5c6ccccc6c6ccccc6c5c4)cc3-c3ccccc3)c2)cc1.c1ccc(-c2cccc(Nc3cccc(-c4ccc5c6ccccc6c6ccccc6c5c4)c3-c3ccccc3)c2)cc1. The third-order valence-corrected chi connectivity index (χ3v) is 25.3. The van der Waals surface area contributed by atoms with E-state index in [1.165, 1.54) is 197 Å². The standard InChI is InChI=1S/3C42H29N/c1-3-13-29(14-4-1)31-17-11-18-33(27-31)43-41-24-12-23-34(42(41)30-15-5-2-6-16-30)32-25-26-39-37-21-8-7-19-35(37)36-20-9-10-22-38(36)40(39)28-32;1-3-12-29(13-4-1)31-16-11-17-34(26-31)43-42-28-33(22-24-35(42)30-14-5-2-6-15-30)32-23-25-40-38-20-8-7-18-36(38)37-19-9-10-21-39(37)41(40)27-32;1-3-12-29(13-4-1)31-16-11-17-34(26-31)43-42-25-23-33(27-40(42)30-14-5-2-6-15-30)32-22-24-39-37-20-8-7-18-35(37)36-19-9-10-21-38(36)41(39)28-32/h3*1-28,43H. The second-order valence-corrected chi connectivity index (χ2v) is 33.1.